The van der Waals surface area contributed by atoms with Crippen molar-refractivity contribution in [1.29, 1.82) is 0 Å². The summed E-state index contributed by atoms with van der Waals surface area (Å²) in [6.07, 6.45) is 4.37. The van der Waals surface area contributed by atoms with E-state index in [1.165, 1.54) is 24.6 Å². The molecule has 0 N–H and O–H groups in total. The van der Waals surface area contributed by atoms with Gasteiger partial charge in [0, 0.05) is 17.6 Å². The second kappa shape index (κ2) is 6.36. The largest absolute Gasteiger partial charge is 0.351 e. The monoisotopic (exact) mass is 364 g/mol. The first kappa shape index (κ1) is 14.9. The molecule has 1 atom stereocenters. The Balaban J connectivity index is 1.73. The minimum absolute atomic E-state index is 0.115. The maximum Gasteiger partial charge on any atom is 0.286 e. The highest BCUT2D eigenvalue weighted by Crippen LogP contribution is 2.32. The summed E-state index contributed by atoms with van der Waals surface area (Å²) in [5.74, 6) is 0.563. The van der Waals surface area contributed by atoms with Gasteiger partial charge in [-0.05, 0) is 54.3 Å². The first-order valence-corrected chi connectivity index (χ1v) is 8.76. The van der Waals surface area contributed by atoms with Gasteiger partial charge in [-0.15, -0.1) is 0 Å². The number of carbonyl (C=O) groups excluding carboxylic acids is 1. The predicted molar refractivity (Wildman–Crippen MR) is 92.1 cm³/mol. The average molecular weight is 365 g/mol. The van der Waals surface area contributed by atoms with E-state index < -0.39 is 0 Å². The zero-order chi connectivity index (χ0) is 14.8. The van der Waals surface area contributed by atoms with Crippen molar-refractivity contribution >= 4 is 44.8 Å². The molecule has 1 amide bonds. The van der Waals surface area contributed by atoms with Crippen LogP contribution in [0.4, 0.5) is 0 Å². The zero-order valence-corrected chi connectivity index (χ0v) is 14.3. The lowest BCUT2D eigenvalue weighted by molar-refractivity contribution is -0.113. The Labute approximate surface area is 137 Å². The number of hydrogen-bond donors (Lipinski definition) is 0. The van der Waals surface area contributed by atoms with Crippen LogP contribution in [0, 0.1) is 5.92 Å². The van der Waals surface area contributed by atoms with Crippen LogP contribution in [0.2, 0.25) is 0 Å². The molecule has 5 heteroatoms. The van der Waals surface area contributed by atoms with Crippen LogP contribution in [0.15, 0.2) is 38.6 Å². The molecule has 1 fully saturated rings. The van der Waals surface area contributed by atoms with Gasteiger partial charge in [0.15, 0.2) is 5.17 Å². The normalized spacial score (nSPS) is 24.6. The fraction of sp³-hybridized carbons (Fsp3) is 0.375. The van der Waals surface area contributed by atoms with Gasteiger partial charge in [0.2, 0.25) is 0 Å². The Kier molecular flexibility index (Phi) is 4.50. The summed E-state index contributed by atoms with van der Waals surface area (Å²) in [7, 11) is 0. The number of piperidine rings is 1. The van der Waals surface area contributed by atoms with Crippen LogP contribution in [-0.4, -0.2) is 29.1 Å². The van der Waals surface area contributed by atoms with E-state index in [1.807, 2.05) is 30.3 Å². The Morgan fingerprint density at radius 3 is 2.86 bits per heavy atom. The van der Waals surface area contributed by atoms with Crippen LogP contribution in [-0.2, 0) is 4.79 Å². The molecule has 0 bridgehead atoms. The molecule has 0 aliphatic carbocycles. The molecule has 3 rings (SSSR count). The Morgan fingerprint density at radius 1 is 1.38 bits per heavy atom. The molecule has 21 heavy (non-hydrogen) atoms. The van der Waals surface area contributed by atoms with Crippen LogP contribution in [0.1, 0.15) is 25.3 Å². The summed E-state index contributed by atoms with van der Waals surface area (Å²) in [4.78, 5) is 19.3. The number of amidine groups is 1. The third-order valence-corrected chi connectivity index (χ3v) is 5.28. The van der Waals surface area contributed by atoms with Crippen molar-refractivity contribution < 1.29 is 4.79 Å². The van der Waals surface area contributed by atoms with Gasteiger partial charge in [0.25, 0.3) is 5.91 Å². The first-order chi connectivity index (χ1) is 10.1. The quantitative estimate of drug-likeness (QED) is 0.701. The molecule has 0 spiro atoms. The second-order valence-corrected chi connectivity index (χ2v) is 7.48. The molecule has 0 unspecified atom stereocenters. The minimum Gasteiger partial charge on any atom is -0.351 e. The molecule has 1 aromatic rings. The number of hydrogen-bond acceptors (Lipinski definition) is 3. The SMILES string of the molecule is C[C@@H]1CCCN(C2=NC(=O)/C(=C/c3ccc(Br)cc3)S2)C1. The molecule has 1 saturated heterocycles. The molecule has 0 saturated carbocycles. The van der Waals surface area contributed by atoms with Crippen molar-refractivity contribution in [3.8, 4) is 0 Å². The van der Waals surface area contributed by atoms with Gasteiger partial charge in [-0.1, -0.05) is 35.0 Å². The highest BCUT2D eigenvalue weighted by molar-refractivity contribution is 9.10. The highest BCUT2D eigenvalue weighted by Gasteiger charge is 2.28. The van der Waals surface area contributed by atoms with Crippen molar-refractivity contribution in [2.75, 3.05) is 13.1 Å². The van der Waals surface area contributed by atoms with Crippen LogP contribution in [0.25, 0.3) is 6.08 Å². The lowest BCUT2D eigenvalue weighted by atomic mass is 10.0. The summed E-state index contributed by atoms with van der Waals surface area (Å²) in [5.41, 5.74) is 1.03. The van der Waals surface area contributed by atoms with Gasteiger partial charge in [-0.3, -0.25) is 4.79 Å². The Morgan fingerprint density at radius 2 is 2.14 bits per heavy atom. The summed E-state index contributed by atoms with van der Waals surface area (Å²) < 4.78 is 1.04. The van der Waals surface area contributed by atoms with Crippen molar-refractivity contribution in [2.24, 2.45) is 10.9 Å². The molecule has 2 aliphatic rings. The third-order valence-electron chi connectivity index (χ3n) is 3.70. The van der Waals surface area contributed by atoms with Crippen LogP contribution in [0.5, 0.6) is 0 Å². The number of aliphatic imine (C=N–C) groups is 1. The molecule has 0 aromatic heterocycles. The minimum atomic E-state index is -0.115. The summed E-state index contributed by atoms with van der Waals surface area (Å²) in [6.45, 7) is 4.27. The van der Waals surface area contributed by atoms with Crippen molar-refractivity contribution in [3.63, 3.8) is 0 Å². The number of carbonyl (C=O) groups is 1. The van der Waals surface area contributed by atoms with E-state index in [-0.39, 0.29) is 5.91 Å². The van der Waals surface area contributed by atoms with Crippen LogP contribution >= 0.6 is 27.7 Å². The smallest absolute Gasteiger partial charge is 0.286 e. The molecular weight excluding hydrogens is 348 g/mol. The molecule has 1 aromatic carbocycles. The Bertz CT molecular complexity index is 609. The molecule has 0 radical (unpaired) electrons. The third kappa shape index (κ3) is 3.58. The number of thioether (sulfide) groups is 1. The fourth-order valence-corrected chi connectivity index (χ4v) is 3.82. The van der Waals surface area contributed by atoms with E-state index in [0.29, 0.717) is 10.8 Å². The Hall–Kier alpha value is -1.07. The molecule has 2 heterocycles. The summed E-state index contributed by atoms with van der Waals surface area (Å²) >= 11 is 4.92. The zero-order valence-electron chi connectivity index (χ0n) is 11.9. The number of amides is 1. The topological polar surface area (TPSA) is 32.7 Å². The van der Waals surface area contributed by atoms with E-state index in [4.69, 9.17) is 0 Å². The lowest BCUT2D eigenvalue weighted by Gasteiger charge is -2.31. The second-order valence-electron chi connectivity index (χ2n) is 5.56. The van der Waals surface area contributed by atoms with Gasteiger partial charge in [0.05, 0.1) is 4.91 Å². The summed E-state index contributed by atoms with van der Waals surface area (Å²) in [6, 6.07) is 7.94. The molecule has 2 aliphatic heterocycles. The number of likely N-dealkylation sites (tertiary alicyclic amines) is 1. The number of rotatable bonds is 1. The maximum absolute atomic E-state index is 12.1. The van der Waals surface area contributed by atoms with Gasteiger partial charge < -0.3 is 4.90 Å². The van der Waals surface area contributed by atoms with Crippen molar-refractivity contribution in [2.45, 2.75) is 19.8 Å². The lowest BCUT2D eigenvalue weighted by Crippen LogP contribution is -2.37. The van der Waals surface area contributed by atoms with Gasteiger partial charge in [-0.2, -0.15) is 4.99 Å². The van der Waals surface area contributed by atoms with Crippen molar-refractivity contribution in [3.05, 3.63) is 39.2 Å². The van der Waals surface area contributed by atoms with E-state index in [0.717, 1.165) is 28.3 Å². The standard InChI is InChI=1S/C16H17BrN2OS/c1-11-3-2-8-19(10-11)16-18-15(20)14(21-16)9-12-4-6-13(17)7-5-12/h4-7,9,11H,2-3,8,10H2,1H3/b14-9-/t11-/m1/s1. The summed E-state index contributed by atoms with van der Waals surface area (Å²) in [5, 5.41) is 0.870. The van der Waals surface area contributed by atoms with Gasteiger partial charge >= 0.3 is 0 Å². The fourth-order valence-electron chi connectivity index (χ4n) is 2.61. The molecular formula is C16H17BrN2OS. The van der Waals surface area contributed by atoms with Crippen LogP contribution in [0.3, 0.4) is 0 Å². The molecule has 3 nitrogen and oxygen atoms in total. The number of halogens is 1. The van der Waals surface area contributed by atoms with E-state index in [2.05, 4.69) is 32.7 Å². The molecule has 110 valence electrons. The average Bonchev–Trinajstić information content (AvgIpc) is 2.83. The van der Waals surface area contributed by atoms with Crippen LogP contribution < -0.4 is 0 Å². The predicted octanol–water partition coefficient (Wildman–Crippen LogP) is 4.15. The maximum atomic E-state index is 12.1. The first-order valence-electron chi connectivity index (χ1n) is 7.15. The highest BCUT2D eigenvalue weighted by atomic mass is 79.9. The number of nitrogens with zero attached hydrogens (tertiary/aromatic N) is 2. The van der Waals surface area contributed by atoms with E-state index >= 15 is 0 Å². The number of benzene rings is 1. The van der Waals surface area contributed by atoms with Gasteiger partial charge in [0.1, 0.15) is 0 Å². The van der Waals surface area contributed by atoms with Crippen molar-refractivity contribution in [1.82, 2.24) is 4.90 Å². The van der Waals surface area contributed by atoms with Gasteiger partial charge in [-0.25, -0.2) is 0 Å². The van der Waals surface area contributed by atoms with E-state index in [9.17, 15) is 4.79 Å². The van der Waals surface area contributed by atoms with E-state index in [1.54, 1.807) is 0 Å².